The molecule has 0 saturated heterocycles. The molecule has 0 heterocycles. The number of hydrogen-bond donors (Lipinski definition) is 2. The number of hydrogen-bond acceptors (Lipinski definition) is 4. The van der Waals surface area contributed by atoms with Gasteiger partial charge in [0.05, 0.1) is 26.1 Å². The molecule has 1 aromatic rings. The van der Waals surface area contributed by atoms with Gasteiger partial charge in [0.15, 0.2) is 11.5 Å². The molecule has 24 heavy (non-hydrogen) atoms. The van der Waals surface area contributed by atoms with Crippen LogP contribution < -0.4 is 14.8 Å². The highest BCUT2D eigenvalue weighted by atomic mass is 16.5. The van der Waals surface area contributed by atoms with Crippen LogP contribution in [0.3, 0.4) is 0 Å². The summed E-state index contributed by atoms with van der Waals surface area (Å²) in [7, 11) is 3.14. The van der Waals surface area contributed by atoms with Crippen molar-refractivity contribution in [1.82, 2.24) is 5.32 Å². The topological polar surface area (TPSA) is 84.9 Å². The fourth-order valence-electron chi connectivity index (χ4n) is 3.43. The number of aliphatic carboxylic acids is 1. The Hall–Kier alpha value is -2.24. The number of benzene rings is 1. The standard InChI is InChI=1S/C18H25NO5/c1-12(10-16(20)21)19-17(22)18(8-4-5-9-18)13-6-7-14(23-2)15(11-13)24-3/h6-7,11-12H,4-5,8-10H2,1-3H3,(H,19,22)(H,20,21). The van der Waals surface area contributed by atoms with Gasteiger partial charge >= 0.3 is 5.97 Å². The smallest absolute Gasteiger partial charge is 0.305 e. The van der Waals surface area contributed by atoms with Crippen molar-refractivity contribution in [3.63, 3.8) is 0 Å². The van der Waals surface area contributed by atoms with Crippen LogP contribution in [0.15, 0.2) is 18.2 Å². The summed E-state index contributed by atoms with van der Waals surface area (Å²) in [6, 6.07) is 5.15. The van der Waals surface area contributed by atoms with Gasteiger partial charge in [0.25, 0.3) is 0 Å². The minimum Gasteiger partial charge on any atom is -0.493 e. The van der Waals surface area contributed by atoms with E-state index in [9.17, 15) is 9.59 Å². The van der Waals surface area contributed by atoms with Crippen LogP contribution in [-0.4, -0.2) is 37.2 Å². The minimum absolute atomic E-state index is 0.0895. The molecule has 1 fully saturated rings. The molecule has 0 aliphatic heterocycles. The monoisotopic (exact) mass is 335 g/mol. The molecule has 132 valence electrons. The van der Waals surface area contributed by atoms with Gasteiger partial charge in [0.1, 0.15) is 0 Å². The molecule has 0 aromatic heterocycles. The first-order chi connectivity index (χ1) is 11.4. The normalized spacial score (nSPS) is 17.1. The number of ether oxygens (including phenoxy) is 2. The Balaban J connectivity index is 2.30. The van der Waals surface area contributed by atoms with E-state index in [1.807, 2.05) is 18.2 Å². The summed E-state index contributed by atoms with van der Waals surface area (Å²) in [4.78, 5) is 23.8. The highest BCUT2D eigenvalue weighted by Crippen LogP contribution is 2.44. The summed E-state index contributed by atoms with van der Waals surface area (Å²) < 4.78 is 10.6. The average Bonchev–Trinajstić information content (AvgIpc) is 3.04. The zero-order valence-corrected chi connectivity index (χ0v) is 14.4. The molecule has 6 nitrogen and oxygen atoms in total. The second-order valence-electron chi connectivity index (χ2n) is 6.33. The highest BCUT2D eigenvalue weighted by molar-refractivity contribution is 5.89. The molecular weight excluding hydrogens is 310 g/mol. The molecule has 1 unspecified atom stereocenters. The summed E-state index contributed by atoms with van der Waals surface area (Å²) in [5.74, 6) is 0.178. The molecule has 1 saturated carbocycles. The summed E-state index contributed by atoms with van der Waals surface area (Å²) in [5.41, 5.74) is 0.254. The van der Waals surface area contributed by atoms with Crippen LogP contribution in [0.25, 0.3) is 0 Å². The molecule has 1 aliphatic carbocycles. The molecular formula is C18H25NO5. The van der Waals surface area contributed by atoms with Crippen molar-refractivity contribution >= 4 is 11.9 Å². The molecule has 1 aromatic carbocycles. The molecule has 1 atom stereocenters. The maximum atomic E-state index is 12.9. The maximum Gasteiger partial charge on any atom is 0.305 e. The van der Waals surface area contributed by atoms with Crippen molar-refractivity contribution in [2.75, 3.05) is 14.2 Å². The molecule has 6 heteroatoms. The van der Waals surface area contributed by atoms with Gasteiger partial charge in [-0.3, -0.25) is 9.59 Å². The first-order valence-corrected chi connectivity index (χ1v) is 8.18. The van der Waals surface area contributed by atoms with E-state index in [0.29, 0.717) is 11.5 Å². The van der Waals surface area contributed by atoms with Crippen LogP contribution in [0.2, 0.25) is 0 Å². The van der Waals surface area contributed by atoms with Crippen LogP contribution in [0.5, 0.6) is 11.5 Å². The molecule has 1 amide bonds. The predicted molar refractivity (Wildman–Crippen MR) is 89.5 cm³/mol. The third-order valence-corrected chi connectivity index (χ3v) is 4.69. The highest BCUT2D eigenvalue weighted by Gasteiger charge is 2.43. The van der Waals surface area contributed by atoms with Gasteiger partial charge in [0.2, 0.25) is 5.91 Å². The van der Waals surface area contributed by atoms with Gasteiger partial charge in [-0.15, -0.1) is 0 Å². The van der Waals surface area contributed by atoms with E-state index in [-0.39, 0.29) is 12.3 Å². The average molecular weight is 335 g/mol. The van der Waals surface area contributed by atoms with Gasteiger partial charge in [0, 0.05) is 6.04 Å². The lowest BCUT2D eigenvalue weighted by Gasteiger charge is -2.30. The van der Waals surface area contributed by atoms with E-state index < -0.39 is 17.4 Å². The summed E-state index contributed by atoms with van der Waals surface area (Å²) in [6.07, 6.45) is 3.33. The number of rotatable bonds is 7. The van der Waals surface area contributed by atoms with Gasteiger partial charge in [-0.2, -0.15) is 0 Å². The number of carboxylic acid groups (broad SMARTS) is 1. The fraction of sp³-hybridized carbons (Fsp3) is 0.556. The first kappa shape index (κ1) is 18.1. The fourth-order valence-corrected chi connectivity index (χ4v) is 3.43. The van der Waals surface area contributed by atoms with E-state index in [1.54, 1.807) is 21.1 Å². The number of carbonyl (C=O) groups is 2. The van der Waals surface area contributed by atoms with Crippen molar-refractivity contribution in [2.24, 2.45) is 0 Å². The molecule has 0 spiro atoms. The summed E-state index contributed by atoms with van der Waals surface area (Å²) >= 11 is 0. The second kappa shape index (κ2) is 7.55. The van der Waals surface area contributed by atoms with Gasteiger partial charge in [-0.1, -0.05) is 18.9 Å². The van der Waals surface area contributed by atoms with Gasteiger partial charge in [-0.05, 0) is 37.5 Å². The molecule has 1 aliphatic rings. The van der Waals surface area contributed by atoms with Crippen molar-refractivity contribution in [3.05, 3.63) is 23.8 Å². The quantitative estimate of drug-likeness (QED) is 0.800. The number of amides is 1. The van der Waals surface area contributed by atoms with E-state index in [4.69, 9.17) is 14.6 Å². The zero-order valence-electron chi connectivity index (χ0n) is 14.4. The number of carboxylic acids is 1. The van der Waals surface area contributed by atoms with Crippen molar-refractivity contribution in [1.29, 1.82) is 0 Å². The van der Waals surface area contributed by atoms with Crippen LogP contribution in [0, 0.1) is 0 Å². The largest absolute Gasteiger partial charge is 0.493 e. The Morgan fingerprint density at radius 1 is 1.21 bits per heavy atom. The molecule has 0 bridgehead atoms. The Kier molecular flexibility index (Phi) is 5.70. The number of methoxy groups -OCH3 is 2. The van der Waals surface area contributed by atoms with Crippen molar-refractivity contribution in [3.8, 4) is 11.5 Å². The van der Waals surface area contributed by atoms with Crippen LogP contribution in [0.1, 0.15) is 44.6 Å². The SMILES string of the molecule is COc1ccc(C2(C(=O)NC(C)CC(=O)O)CCCC2)cc1OC. The lowest BCUT2D eigenvalue weighted by molar-refractivity contribution is -0.137. The summed E-state index contributed by atoms with van der Waals surface area (Å²) in [6.45, 7) is 1.71. The lowest BCUT2D eigenvalue weighted by atomic mass is 9.77. The van der Waals surface area contributed by atoms with Crippen LogP contribution >= 0.6 is 0 Å². The van der Waals surface area contributed by atoms with Gasteiger partial charge in [-0.25, -0.2) is 0 Å². The van der Waals surface area contributed by atoms with Gasteiger partial charge < -0.3 is 19.9 Å². The predicted octanol–water partition coefficient (Wildman–Crippen LogP) is 2.50. The molecule has 0 radical (unpaired) electrons. The van der Waals surface area contributed by atoms with E-state index in [1.165, 1.54) is 0 Å². The summed E-state index contributed by atoms with van der Waals surface area (Å²) in [5, 5.41) is 11.8. The van der Waals surface area contributed by atoms with Crippen molar-refractivity contribution < 1.29 is 24.2 Å². The van der Waals surface area contributed by atoms with Crippen LogP contribution in [-0.2, 0) is 15.0 Å². The maximum absolute atomic E-state index is 12.9. The third kappa shape index (κ3) is 3.63. The third-order valence-electron chi connectivity index (χ3n) is 4.69. The Morgan fingerprint density at radius 3 is 2.38 bits per heavy atom. The number of nitrogens with one attached hydrogen (secondary N) is 1. The first-order valence-electron chi connectivity index (χ1n) is 8.18. The van der Waals surface area contributed by atoms with E-state index in [0.717, 1.165) is 31.2 Å². The van der Waals surface area contributed by atoms with E-state index >= 15 is 0 Å². The second-order valence-corrected chi connectivity index (χ2v) is 6.33. The molecule has 2 rings (SSSR count). The zero-order chi connectivity index (χ0) is 17.7. The lowest BCUT2D eigenvalue weighted by Crippen LogP contribution is -2.46. The Labute approximate surface area is 142 Å². The van der Waals surface area contributed by atoms with Crippen LogP contribution in [0.4, 0.5) is 0 Å². The Morgan fingerprint density at radius 2 is 1.83 bits per heavy atom. The minimum atomic E-state index is -0.922. The van der Waals surface area contributed by atoms with E-state index in [2.05, 4.69) is 5.32 Å². The molecule has 2 N–H and O–H groups in total. The number of carbonyl (C=O) groups excluding carboxylic acids is 1. The Bertz CT molecular complexity index is 607. The van der Waals surface area contributed by atoms with Crippen molar-refractivity contribution in [2.45, 2.75) is 50.5 Å².